The number of phenolic OH excluding ortho intramolecular Hbond substituents is 1. The second-order valence-corrected chi connectivity index (χ2v) is 10.5. The SMILES string of the molecule is Cc1cc(O)cc(C)c1CC(NC(=O)C(CCN)N=C(N)N)C(=O)NC(CCCCN)c1nc(Cc2ccccc2)no1. The van der Waals surface area contributed by atoms with Gasteiger partial charge in [0.25, 0.3) is 0 Å². The first-order valence-corrected chi connectivity index (χ1v) is 14.4. The van der Waals surface area contributed by atoms with Gasteiger partial charge in [-0.25, -0.2) is 4.99 Å². The summed E-state index contributed by atoms with van der Waals surface area (Å²) in [5.74, 6) is -0.404. The molecule has 13 heteroatoms. The number of aliphatic imine (C=N–C) groups is 1. The van der Waals surface area contributed by atoms with Crippen LogP contribution in [-0.4, -0.2) is 58.2 Å². The number of guanidine groups is 1. The van der Waals surface area contributed by atoms with E-state index in [1.54, 1.807) is 12.1 Å². The van der Waals surface area contributed by atoms with Crippen LogP contribution in [0.15, 0.2) is 52.0 Å². The largest absolute Gasteiger partial charge is 0.508 e. The van der Waals surface area contributed by atoms with Gasteiger partial charge in [0.2, 0.25) is 17.7 Å². The molecule has 2 amide bonds. The molecule has 43 heavy (non-hydrogen) atoms. The van der Waals surface area contributed by atoms with Crippen LogP contribution in [0.5, 0.6) is 5.75 Å². The quantitative estimate of drug-likeness (QED) is 0.0706. The zero-order chi connectivity index (χ0) is 31.4. The Morgan fingerprint density at radius 1 is 0.977 bits per heavy atom. The molecule has 1 aromatic heterocycles. The minimum Gasteiger partial charge on any atom is -0.508 e. The number of aryl methyl sites for hydroxylation is 2. The van der Waals surface area contributed by atoms with E-state index >= 15 is 0 Å². The summed E-state index contributed by atoms with van der Waals surface area (Å²) in [6, 6.07) is 10.4. The summed E-state index contributed by atoms with van der Waals surface area (Å²) in [6.07, 6.45) is 2.74. The number of aromatic nitrogens is 2. The average Bonchev–Trinajstić information content (AvgIpc) is 3.42. The molecule has 13 nitrogen and oxygen atoms in total. The third-order valence-electron chi connectivity index (χ3n) is 7.02. The number of carbonyl (C=O) groups excluding carboxylic acids is 2. The van der Waals surface area contributed by atoms with Crippen molar-refractivity contribution in [3.05, 3.63) is 76.4 Å². The van der Waals surface area contributed by atoms with Crippen molar-refractivity contribution in [2.75, 3.05) is 13.1 Å². The van der Waals surface area contributed by atoms with Crippen LogP contribution in [0.2, 0.25) is 0 Å². The van der Waals surface area contributed by atoms with E-state index in [4.69, 9.17) is 27.5 Å². The number of amides is 2. The Balaban J connectivity index is 1.89. The number of hydrogen-bond donors (Lipinski definition) is 7. The number of benzene rings is 2. The fourth-order valence-corrected chi connectivity index (χ4v) is 4.85. The molecule has 1 heterocycles. The van der Waals surface area contributed by atoms with Crippen LogP contribution in [0.25, 0.3) is 0 Å². The topological polar surface area (TPSA) is 234 Å². The number of carbonyl (C=O) groups is 2. The van der Waals surface area contributed by atoms with E-state index in [1.807, 2.05) is 44.2 Å². The van der Waals surface area contributed by atoms with E-state index in [0.717, 1.165) is 28.7 Å². The van der Waals surface area contributed by atoms with Crippen molar-refractivity contribution in [3.63, 3.8) is 0 Å². The second kappa shape index (κ2) is 16.2. The van der Waals surface area contributed by atoms with E-state index in [9.17, 15) is 14.7 Å². The van der Waals surface area contributed by atoms with E-state index < -0.39 is 29.9 Å². The summed E-state index contributed by atoms with van der Waals surface area (Å²) in [5.41, 5.74) is 25.9. The Bertz CT molecular complexity index is 1350. The van der Waals surface area contributed by atoms with Gasteiger partial charge in [-0.3, -0.25) is 9.59 Å². The molecule has 0 saturated heterocycles. The van der Waals surface area contributed by atoms with Crippen LogP contribution < -0.4 is 33.6 Å². The lowest BCUT2D eigenvalue weighted by atomic mass is 9.95. The summed E-state index contributed by atoms with van der Waals surface area (Å²) in [6.45, 7) is 4.32. The maximum Gasteiger partial charge on any atom is 0.249 e. The van der Waals surface area contributed by atoms with Gasteiger partial charge in [0.05, 0.1) is 0 Å². The first kappa shape index (κ1) is 33.0. The molecule has 0 aliphatic carbocycles. The molecular weight excluding hydrogens is 550 g/mol. The highest BCUT2D eigenvalue weighted by molar-refractivity contribution is 5.91. The molecule has 0 bridgehead atoms. The van der Waals surface area contributed by atoms with Gasteiger partial charge in [-0.2, -0.15) is 4.98 Å². The molecule has 0 aliphatic heterocycles. The lowest BCUT2D eigenvalue weighted by Crippen LogP contribution is -2.52. The number of hydrogen-bond acceptors (Lipinski definition) is 9. The maximum absolute atomic E-state index is 13.9. The number of aromatic hydroxyl groups is 1. The predicted molar refractivity (Wildman–Crippen MR) is 164 cm³/mol. The molecule has 232 valence electrons. The van der Waals surface area contributed by atoms with Gasteiger partial charge < -0.3 is 43.2 Å². The minimum absolute atomic E-state index is 0.113. The summed E-state index contributed by atoms with van der Waals surface area (Å²) in [4.78, 5) is 35.7. The minimum atomic E-state index is -1.02. The fourth-order valence-electron chi connectivity index (χ4n) is 4.85. The van der Waals surface area contributed by atoms with Crippen LogP contribution >= 0.6 is 0 Å². The van der Waals surface area contributed by atoms with Crippen molar-refractivity contribution < 1.29 is 19.2 Å². The number of nitrogens with one attached hydrogen (secondary N) is 2. The van der Waals surface area contributed by atoms with Crippen LogP contribution in [0, 0.1) is 13.8 Å². The van der Waals surface area contributed by atoms with Crippen LogP contribution in [-0.2, 0) is 22.4 Å². The molecule has 0 saturated carbocycles. The standard InChI is InChI=1S/C30H43N9O4/c1-18-14-21(40)15-19(2)22(18)17-25(36-27(41)23(11-13-32)37-30(33)34)28(42)35-24(10-6-7-12-31)29-38-26(39-43-29)16-20-8-4-3-5-9-20/h3-5,8-9,14-15,23-25,40H,6-7,10-13,16-17,31-32H2,1-2H3,(H,35,42)(H,36,41)(H4,33,34,37). The van der Waals surface area contributed by atoms with Gasteiger partial charge in [0.1, 0.15) is 23.9 Å². The monoisotopic (exact) mass is 593 g/mol. The third-order valence-corrected chi connectivity index (χ3v) is 7.02. The van der Waals surface area contributed by atoms with Gasteiger partial charge in [0.15, 0.2) is 11.8 Å². The highest BCUT2D eigenvalue weighted by atomic mass is 16.5. The molecule has 3 rings (SSSR count). The lowest BCUT2D eigenvalue weighted by molar-refractivity contribution is -0.130. The molecular formula is C30H43N9O4. The van der Waals surface area contributed by atoms with Crippen molar-refractivity contribution in [1.82, 2.24) is 20.8 Å². The summed E-state index contributed by atoms with van der Waals surface area (Å²) in [5, 5.41) is 20.0. The first-order chi connectivity index (χ1) is 20.6. The molecule has 0 fully saturated rings. The van der Waals surface area contributed by atoms with Crippen LogP contribution in [0.3, 0.4) is 0 Å². The average molecular weight is 594 g/mol. The number of nitrogens with two attached hydrogens (primary N) is 4. The van der Waals surface area contributed by atoms with Gasteiger partial charge in [0, 0.05) is 12.8 Å². The van der Waals surface area contributed by atoms with E-state index in [1.165, 1.54) is 0 Å². The first-order valence-electron chi connectivity index (χ1n) is 14.4. The highest BCUT2D eigenvalue weighted by Gasteiger charge is 2.30. The van der Waals surface area contributed by atoms with Gasteiger partial charge in [-0.05, 0) is 87.0 Å². The lowest BCUT2D eigenvalue weighted by Gasteiger charge is -2.24. The van der Waals surface area contributed by atoms with Gasteiger partial charge >= 0.3 is 0 Å². The van der Waals surface area contributed by atoms with E-state index in [2.05, 4.69) is 25.8 Å². The Morgan fingerprint density at radius 2 is 1.67 bits per heavy atom. The van der Waals surface area contributed by atoms with Crippen molar-refractivity contribution >= 4 is 17.8 Å². The number of rotatable bonds is 16. The second-order valence-electron chi connectivity index (χ2n) is 10.5. The normalized spacial score (nSPS) is 13.1. The van der Waals surface area contributed by atoms with E-state index in [0.29, 0.717) is 31.6 Å². The highest BCUT2D eigenvalue weighted by Crippen LogP contribution is 2.24. The van der Waals surface area contributed by atoms with Crippen molar-refractivity contribution in [2.24, 2.45) is 27.9 Å². The molecule has 3 unspecified atom stereocenters. The van der Waals surface area contributed by atoms with Crippen LogP contribution in [0.4, 0.5) is 0 Å². The molecule has 0 spiro atoms. The van der Waals surface area contributed by atoms with Crippen LogP contribution in [0.1, 0.15) is 65.7 Å². The molecule has 3 atom stereocenters. The number of phenols is 1. The molecule has 0 radical (unpaired) electrons. The Hall–Kier alpha value is -4.49. The van der Waals surface area contributed by atoms with Crippen molar-refractivity contribution in [1.29, 1.82) is 0 Å². The van der Waals surface area contributed by atoms with Crippen molar-refractivity contribution in [3.8, 4) is 5.75 Å². The summed E-state index contributed by atoms with van der Waals surface area (Å²) in [7, 11) is 0. The summed E-state index contributed by atoms with van der Waals surface area (Å²) < 4.78 is 5.59. The Morgan fingerprint density at radius 3 is 2.30 bits per heavy atom. The predicted octanol–water partition coefficient (Wildman–Crippen LogP) is 0.987. The van der Waals surface area contributed by atoms with Gasteiger partial charge in [-0.15, -0.1) is 0 Å². The zero-order valence-electron chi connectivity index (χ0n) is 24.8. The summed E-state index contributed by atoms with van der Waals surface area (Å²) >= 11 is 0. The third kappa shape index (κ3) is 10.1. The Labute approximate surface area is 251 Å². The number of unbranched alkanes of at least 4 members (excludes halogenated alkanes) is 1. The fraction of sp³-hybridized carbons (Fsp3) is 0.433. The molecule has 3 aromatic rings. The smallest absolute Gasteiger partial charge is 0.249 e. The molecule has 2 aromatic carbocycles. The van der Waals surface area contributed by atoms with E-state index in [-0.39, 0.29) is 37.0 Å². The zero-order valence-corrected chi connectivity index (χ0v) is 24.8. The molecule has 11 N–H and O–H groups in total. The van der Waals surface area contributed by atoms with Crippen molar-refractivity contribution in [2.45, 2.75) is 70.5 Å². The number of nitrogens with zero attached hydrogens (tertiary/aromatic N) is 3. The molecule has 0 aliphatic rings. The van der Waals surface area contributed by atoms with Gasteiger partial charge in [-0.1, -0.05) is 35.5 Å². The maximum atomic E-state index is 13.9. The Kier molecular flexibility index (Phi) is 12.5.